The molecule has 0 atom stereocenters. The summed E-state index contributed by atoms with van der Waals surface area (Å²) in [6.07, 6.45) is 0.238. The molecule has 2 amide bonds. The number of ether oxygens (including phenoxy) is 1. The van der Waals surface area contributed by atoms with E-state index in [4.69, 9.17) is 10.6 Å². The molecule has 1 saturated heterocycles. The number of nitrogens with zero attached hydrogens (tertiary/aromatic N) is 1. The zero-order valence-corrected chi connectivity index (χ0v) is 7.28. The Hall–Kier alpha value is -1.14. The maximum atomic E-state index is 11.1. The lowest BCUT2D eigenvalue weighted by molar-refractivity contribution is -0.143. The van der Waals surface area contributed by atoms with Crippen LogP contribution in [0.3, 0.4) is 0 Å². The highest BCUT2D eigenvalue weighted by atomic mass is 16.5. The van der Waals surface area contributed by atoms with Gasteiger partial charge in [0.15, 0.2) is 0 Å². The van der Waals surface area contributed by atoms with Gasteiger partial charge < -0.3 is 9.64 Å². The molecule has 0 aromatic heterocycles. The Balaban J connectivity index is 2.26. The second-order valence-electron chi connectivity index (χ2n) is 2.75. The van der Waals surface area contributed by atoms with Crippen molar-refractivity contribution < 1.29 is 14.3 Å². The molecule has 0 radical (unpaired) electrons. The van der Waals surface area contributed by atoms with E-state index in [-0.39, 0.29) is 24.8 Å². The van der Waals surface area contributed by atoms with Crippen molar-refractivity contribution in [2.75, 3.05) is 26.3 Å². The van der Waals surface area contributed by atoms with Crippen LogP contribution in [0.5, 0.6) is 0 Å². The fraction of sp³-hybridized carbons (Fsp3) is 0.714. The SMILES string of the molecule is NNC(=O)CCN1CCOCC1=O. The first-order chi connectivity index (χ1) is 6.24. The third kappa shape index (κ3) is 3.00. The lowest BCUT2D eigenvalue weighted by atomic mass is 10.3. The molecule has 6 nitrogen and oxygen atoms in total. The number of rotatable bonds is 3. The van der Waals surface area contributed by atoms with Crippen molar-refractivity contribution in [3.05, 3.63) is 0 Å². The monoisotopic (exact) mass is 187 g/mol. The number of carbonyl (C=O) groups is 2. The summed E-state index contributed by atoms with van der Waals surface area (Å²) in [6, 6.07) is 0. The molecule has 1 fully saturated rings. The van der Waals surface area contributed by atoms with Gasteiger partial charge >= 0.3 is 0 Å². The van der Waals surface area contributed by atoms with Gasteiger partial charge in [-0.25, -0.2) is 5.84 Å². The van der Waals surface area contributed by atoms with Crippen LogP contribution in [0.2, 0.25) is 0 Å². The molecule has 3 N–H and O–H groups in total. The minimum Gasteiger partial charge on any atom is -0.370 e. The van der Waals surface area contributed by atoms with Crippen LogP contribution in [0.15, 0.2) is 0 Å². The highest BCUT2D eigenvalue weighted by molar-refractivity contribution is 5.79. The lowest BCUT2D eigenvalue weighted by Crippen LogP contribution is -2.43. The van der Waals surface area contributed by atoms with Crippen LogP contribution in [0.4, 0.5) is 0 Å². The second-order valence-corrected chi connectivity index (χ2v) is 2.75. The van der Waals surface area contributed by atoms with Crippen LogP contribution in [0.25, 0.3) is 0 Å². The molecule has 74 valence electrons. The highest BCUT2D eigenvalue weighted by Gasteiger charge is 2.18. The molecule has 0 unspecified atom stereocenters. The third-order valence-electron chi connectivity index (χ3n) is 1.85. The van der Waals surface area contributed by atoms with Crippen LogP contribution < -0.4 is 11.3 Å². The largest absolute Gasteiger partial charge is 0.370 e. The molecule has 1 aliphatic rings. The van der Waals surface area contributed by atoms with E-state index < -0.39 is 0 Å². The summed E-state index contributed by atoms with van der Waals surface area (Å²) in [7, 11) is 0. The fourth-order valence-corrected chi connectivity index (χ4v) is 1.10. The summed E-state index contributed by atoms with van der Waals surface area (Å²) in [5.41, 5.74) is 2.01. The molecule has 1 rings (SSSR count). The maximum absolute atomic E-state index is 11.1. The van der Waals surface area contributed by atoms with Crippen LogP contribution in [0, 0.1) is 0 Å². The number of hydrogen-bond donors (Lipinski definition) is 2. The Labute approximate surface area is 76.0 Å². The summed E-state index contributed by atoms with van der Waals surface area (Å²) in [5.74, 6) is 4.56. The van der Waals surface area contributed by atoms with Gasteiger partial charge in [0, 0.05) is 19.5 Å². The first-order valence-corrected chi connectivity index (χ1v) is 4.09. The molecular weight excluding hydrogens is 174 g/mol. The first-order valence-electron chi connectivity index (χ1n) is 4.09. The van der Waals surface area contributed by atoms with Gasteiger partial charge in [0.05, 0.1) is 6.61 Å². The Morgan fingerprint density at radius 2 is 2.46 bits per heavy atom. The first kappa shape index (κ1) is 9.94. The fourth-order valence-electron chi connectivity index (χ4n) is 1.10. The summed E-state index contributed by atoms with van der Waals surface area (Å²) in [5, 5.41) is 0. The van der Waals surface area contributed by atoms with Gasteiger partial charge in [0.1, 0.15) is 6.61 Å². The Morgan fingerprint density at radius 3 is 3.08 bits per heavy atom. The zero-order valence-electron chi connectivity index (χ0n) is 7.28. The minimum atomic E-state index is -0.265. The number of hydrazine groups is 1. The molecular formula is C7H13N3O3. The molecule has 0 saturated carbocycles. The van der Waals surface area contributed by atoms with Gasteiger partial charge in [-0.05, 0) is 0 Å². The summed E-state index contributed by atoms with van der Waals surface area (Å²) < 4.78 is 4.93. The van der Waals surface area contributed by atoms with Crippen molar-refractivity contribution in [1.82, 2.24) is 10.3 Å². The predicted octanol–water partition coefficient (Wildman–Crippen LogP) is -1.77. The van der Waals surface area contributed by atoms with Gasteiger partial charge in [0.25, 0.3) is 0 Å². The predicted molar refractivity (Wildman–Crippen MR) is 44.3 cm³/mol. The van der Waals surface area contributed by atoms with E-state index in [0.717, 1.165) is 0 Å². The summed E-state index contributed by atoms with van der Waals surface area (Å²) in [6.45, 7) is 1.61. The van der Waals surface area contributed by atoms with Crippen molar-refractivity contribution in [1.29, 1.82) is 0 Å². The molecule has 0 aliphatic carbocycles. The average molecular weight is 187 g/mol. The molecule has 6 heteroatoms. The smallest absolute Gasteiger partial charge is 0.248 e. The quantitative estimate of drug-likeness (QED) is 0.311. The van der Waals surface area contributed by atoms with E-state index in [9.17, 15) is 9.59 Å². The lowest BCUT2D eigenvalue weighted by Gasteiger charge is -2.26. The molecule has 1 heterocycles. The van der Waals surface area contributed by atoms with E-state index in [1.807, 2.05) is 5.43 Å². The molecule has 13 heavy (non-hydrogen) atoms. The molecule has 0 aromatic carbocycles. The number of amides is 2. The van der Waals surface area contributed by atoms with Gasteiger partial charge in [-0.3, -0.25) is 15.0 Å². The second kappa shape index (κ2) is 4.78. The number of nitrogens with two attached hydrogens (primary N) is 1. The van der Waals surface area contributed by atoms with Crippen molar-refractivity contribution >= 4 is 11.8 Å². The Kier molecular flexibility index (Phi) is 3.66. The normalized spacial score (nSPS) is 17.3. The maximum Gasteiger partial charge on any atom is 0.248 e. The van der Waals surface area contributed by atoms with Crippen LogP contribution in [0.1, 0.15) is 6.42 Å². The Bertz CT molecular complexity index is 207. The topological polar surface area (TPSA) is 84.7 Å². The third-order valence-corrected chi connectivity index (χ3v) is 1.85. The molecule has 1 aliphatic heterocycles. The van der Waals surface area contributed by atoms with Gasteiger partial charge in [-0.15, -0.1) is 0 Å². The van der Waals surface area contributed by atoms with Crippen LogP contribution >= 0.6 is 0 Å². The van der Waals surface area contributed by atoms with Gasteiger partial charge in [0.2, 0.25) is 11.8 Å². The minimum absolute atomic E-state index is 0.0731. The van der Waals surface area contributed by atoms with E-state index in [2.05, 4.69) is 0 Å². The van der Waals surface area contributed by atoms with E-state index in [1.165, 1.54) is 0 Å². The van der Waals surface area contributed by atoms with Crippen LogP contribution in [-0.2, 0) is 14.3 Å². The summed E-state index contributed by atoms with van der Waals surface area (Å²) >= 11 is 0. The standard InChI is InChI=1S/C7H13N3O3/c8-9-6(11)1-2-10-3-4-13-5-7(10)12/h1-5,8H2,(H,9,11). The number of morpholine rings is 1. The molecule has 0 aromatic rings. The van der Waals surface area contributed by atoms with Gasteiger partial charge in [-0.1, -0.05) is 0 Å². The molecule has 0 bridgehead atoms. The van der Waals surface area contributed by atoms with Crippen molar-refractivity contribution in [2.24, 2.45) is 5.84 Å². The van der Waals surface area contributed by atoms with Gasteiger partial charge in [-0.2, -0.15) is 0 Å². The van der Waals surface area contributed by atoms with E-state index in [0.29, 0.717) is 19.7 Å². The van der Waals surface area contributed by atoms with Crippen molar-refractivity contribution in [3.63, 3.8) is 0 Å². The number of hydrogen-bond acceptors (Lipinski definition) is 4. The number of nitrogens with one attached hydrogen (secondary N) is 1. The van der Waals surface area contributed by atoms with E-state index >= 15 is 0 Å². The van der Waals surface area contributed by atoms with E-state index in [1.54, 1.807) is 4.90 Å². The average Bonchev–Trinajstić information content (AvgIpc) is 2.16. The molecule has 0 spiro atoms. The number of carbonyl (C=O) groups excluding carboxylic acids is 2. The Morgan fingerprint density at radius 1 is 1.69 bits per heavy atom. The van der Waals surface area contributed by atoms with Crippen molar-refractivity contribution in [3.8, 4) is 0 Å². The highest BCUT2D eigenvalue weighted by Crippen LogP contribution is 1.99. The summed E-state index contributed by atoms with van der Waals surface area (Å²) in [4.78, 5) is 23.5. The van der Waals surface area contributed by atoms with Crippen LogP contribution in [-0.4, -0.2) is 43.0 Å². The van der Waals surface area contributed by atoms with Crippen molar-refractivity contribution in [2.45, 2.75) is 6.42 Å². The zero-order chi connectivity index (χ0) is 9.68.